The van der Waals surface area contributed by atoms with Crippen LogP contribution in [0.3, 0.4) is 0 Å². The molecule has 0 heterocycles. The lowest BCUT2D eigenvalue weighted by Gasteiger charge is -2.13. The Morgan fingerprint density at radius 3 is 2.72 bits per heavy atom. The highest BCUT2D eigenvalue weighted by Gasteiger charge is 2.18. The van der Waals surface area contributed by atoms with E-state index in [1.165, 1.54) is 18.2 Å². The van der Waals surface area contributed by atoms with Crippen LogP contribution < -0.4 is 10.5 Å². The molecule has 0 aliphatic carbocycles. The largest absolute Gasteiger partial charge is 0.393 e. The van der Waals surface area contributed by atoms with Gasteiger partial charge in [-0.2, -0.15) is 0 Å². The first kappa shape index (κ1) is 15.8. The number of hydrogen-bond donors (Lipinski definition) is 2. The van der Waals surface area contributed by atoms with Crippen molar-refractivity contribution in [2.45, 2.75) is 24.3 Å². The molecule has 1 unspecified atom stereocenters. The zero-order chi connectivity index (χ0) is 13.9. The van der Waals surface area contributed by atoms with Crippen molar-refractivity contribution < 1.29 is 8.42 Å². The third-order valence-corrected chi connectivity index (χ3v) is 5.03. The zero-order valence-corrected chi connectivity index (χ0v) is 13.5. The second-order valence-corrected chi connectivity index (χ2v) is 7.27. The van der Waals surface area contributed by atoms with Crippen LogP contribution in [0, 0.1) is 0 Å². The molecule has 0 amide bonds. The van der Waals surface area contributed by atoms with E-state index in [9.17, 15) is 8.42 Å². The highest BCUT2D eigenvalue weighted by molar-refractivity contribution is 9.10. The van der Waals surface area contributed by atoms with Gasteiger partial charge in [0.2, 0.25) is 10.0 Å². The van der Waals surface area contributed by atoms with E-state index in [0.717, 1.165) is 0 Å². The van der Waals surface area contributed by atoms with Crippen LogP contribution in [0.15, 0.2) is 27.6 Å². The summed E-state index contributed by atoms with van der Waals surface area (Å²) in [6.45, 7) is 1.70. The van der Waals surface area contributed by atoms with Crippen molar-refractivity contribution in [3.8, 4) is 0 Å². The van der Waals surface area contributed by atoms with Crippen molar-refractivity contribution in [3.05, 3.63) is 27.7 Å². The molecule has 0 radical (unpaired) electrons. The molecule has 4 nitrogen and oxygen atoms in total. The van der Waals surface area contributed by atoms with Crippen molar-refractivity contribution in [1.82, 2.24) is 4.72 Å². The lowest BCUT2D eigenvalue weighted by molar-refractivity contribution is 0.565. The van der Waals surface area contributed by atoms with Crippen LogP contribution in [0.2, 0.25) is 5.02 Å². The van der Waals surface area contributed by atoms with Gasteiger partial charge in [0, 0.05) is 16.9 Å². The molecule has 0 aliphatic heterocycles. The molecule has 1 aromatic rings. The fraction of sp³-hybridized carbons (Fsp3) is 0.300. The molecule has 3 N–H and O–H groups in total. The fourth-order valence-electron chi connectivity index (χ4n) is 1.32. The SMILES string of the molecule is CC(CC(N)=S)NS(=O)(=O)c1ccc(Cl)c(Br)c1. The normalized spacial score (nSPS) is 13.3. The predicted molar refractivity (Wildman–Crippen MR) is 80.3 cm³/mol. The summed E-state index contributed by atoms with van der Waals surface area (Å²) in [4.78, 5) is 0.399. The third kappa shape index (κ3) is 4.47. The number of hydrogen-bond acceptors (Lipinski definition) is 3. The quantitative estimate of drug-likeness (QED) is 0.780. The number of sulfonamides is 1. The molecular weight excluding hydrogens is 360 g/mol. The summed E-state index contributed by atoms with van der Waals surface area (Å²) in [5.41, 5.74) is 5.37. The van der Waals surface area contributed by atoms with Gasteiger partial charge in [0.15, 0.2) is 0 Å². The van der Waals surface area contributed by atoms with Gasteiger partial charge in [0.1, 0.15) is 0 Å². The molecule has 1 rings (SSSR count). The number of nitrogens with two attached hydrogens (primary N) is 1. The highest BCUT2D eigenvalue weighted by Crippen LogP contribution is 2.25. The monoisotopic (exact) mass is 370 g/mol. The Kier molecular flexibility index (Phi) is 5.54. The van der Waals surface area contributed by atoms with Gasteiger partial charge in [-0.1, -0.05) is 23.8 Å². The van der Waals surface area contributed by atoms with E-state index in [1.54, 1.807) is 6.92 Å². The fourth-order valence-corrected chi connectivity index (χ4v) is 3.49. The molecule has 1 aromatic carbocycles. The molecule has 100 valence electrons. The number of nitrogens with one attached hydrogen (secondary N) is 1. The second kappa shape index (κ2) is 6.29. The lowest BCUT2D eigenvalue weighted by atomic mass is 10.3. The lowest BCUT2D eigenvalue weighted by Crippen LogP contribution is -2.35. The number of halogens is 2. The van der Waals surface area contributed by atoms with Gasteiger partial charge in [-0.05, 0) is 41.1 Å². The van der Waals surface area contributed by atoms with Crippen LogP contribution in [0.1, 0.15) is 13.3 Å². The summed E-state index contributed by atoms with van der Waals surface area (Å²) in [5.74, 6) is 0. The van der Waals surface area contributed by atoms with Gasteiger partial charge < -0.3 is 5.73 Å². The maximum absolute atomic E-state index is 12.0. The van der Waals surface area contributed by atoms with Crippen LogP contribution in [-0.2, 0) is 10.0 Å². The Morgan fingerprint density at radius 1 is 1.61 bits per heavy atom. The van der Waals surface area contributed by atoms with Crippen LogP contribution in [0.4, 0.5) is 0 Å². The molecule has 0 aliphatic rings. The third-order valence-electron chi connectivity index (χ3n) is 2.07. The molecule has 0 bridgehead atoms. The molecule has 0 fully saturated rings. The number of benzene rings is 1. The van der Waals surface area contributed by atoms with E-state index >= 15 is 0 Å². The minimum atomic E-state index is -3.60. The molecule has 0 saturated heterocycles. The minimum Gasteiger partial charge on any atom is -0.393 e. The zero-order valence-electron chi connectivity index (χ0n) is 9.48. The molecule has 0 aromatic heterocycles. The smallest absolute Gasteiger partial charge is 0.240 e. The second-order valence-electron chi connectivity index (χ2n) is 3.77. The van der Waals surface area contributed by atoms with E-state index in [0.29, 0.717) is 15.9 Å². The van der Waals surface area contributed by atoms with Crippen molar-refractivity contribution in [3.63, 3.8) is 0 Å². The standard InChI is InChI=1S/C10H12BrClN2O2S2/c1-6(4-10(13)17)14-18(15,16)7-2-3-9(12)8(11)5-7/h2-3,5-6,14H,4H2,1H3,(H2,13,17). The minimum absolute atomic E-state index is 0.133. The summed E-state index contributed by atoms with van der Waals surface area (Å²) in [6.07, 6.45) is 0.309. The summed E-state index contributed by atoms with van der Waals surface area (Å²) < 4.78 is 27.1. The topological polar surface area (TPSA) is 72.2 Å². The first-order chi connectivity index (χ1) is 8.22. The van der Waals surface area contributed by atoms with Gasteiger partial charge in [0.05, 0.1) is 14.9 Å². The Hall–Kier alpha value is -0.210. The van der Waals surface area contributed by atoms with Crippen LogP contribution in [0.25, 0.3) is 0 Å². The molecule has 0 saturated carbocycles. The Balaban J connectivity index is 2.92. The Morgan fingerprint density at radius 2 is 2.22 bits per heavy atom. The highest BCUT2D eigenvalue weighted by atomic mass is 79.9. The van der Waals surface area contributed by atoms with E-state index in [1.807, 2.05) is 0 Å². The number of thiocarbonyl (C=S) groups is 1. The van der Waals surface area contributed by atoms with Crippen LogP contribution in [0.5, 0.6) is 0 Å². The van der Waals surface area contributed by atoms with Gasteiger partial charge in [-0.15, -0.1) is 0 Å². The molecule has 1 atom stereocenters. The summed E-state index contributed by atoms with van der Waals surface area (Å²) in [7, 11) is -3.60. The number of rotatable bonds is 5. The Labute approximate surface area is 125 Å². The average molecular weight is 372 g/mol. The van der Waals surface area contributed by atoms with E-state index in [4.69, 9.17) is 29.6 Å². The summed E-state index contributed by atoms with van der Waals surface area (Å²) in [6, 6.07) is 4.03. The van der Waals surface area contributed by atoms with Gasteiger partial charge in [0.25, 0.3) is 0 Å². The van der Waals surface area contributed by atoms with Gasteiger partial charge >= 0.3 is 0 Å². The van der Waals surface area contributed by atoms with Crippen molar-refractivity contribution in [2.24, 2.45) is 5.73 Å². The van der Waals surface area contributed by atoms with E-state index < -0.39 is 10.0 Å². The molecule has 0 spiro atoms. The van der Waals surface area contributed by atoms with E-state index in [2.05, 4.69) is 20.7 Å². The maximum atomic E-state index is 12.0. The average Bonchev–Trinajstić information content (AvgIpc) is 2.19. The van der Waals surface area contributed by atoms with Crippen molar-refractivity contribution in [2.75, 3.05) is 0 Å². The van der Waals surface area contributed by atoms with Gasteiger partial charge in [-0.25, -0.2) is 13.1 Å². The maximum Gasteiger partial charge on any atom is 0.240 e. The van der Waals surface area contributed by atoms with Crippen LogP contribution >= 0.6 is 39.7 Å². The van der Waals surface area contributed by atoms with E-state index in [-0.39, 0.29) is 15.9 Å². The first-order valence-electron chi connectivity index (χ1n) is 4.98. The van der Waals surface area contributed by atoms with Crippen molar-refractivity contribution in [1.29, 1.82) is 0 Å². The molecule has 8 heteroatoms. The van der Waals surface area contributed by atoms with Crippen molar-refractivity contribution >= 4 is 54.8 Å². The summed E-state index contributed by atoms with van der Waals surface area (Å²) >= 11 is 13.7. The molecular formula is C10H12BrClN2O2S2. The molecule has 18 heavy (non-hydrogen) atoms. The predicted octanol–water partition coefficient (Wildman–Crippen LogP) is 2.45. The van der Waals surface area contributed by atoms with Crippen LogP contribution in [-0.4, -0.2) is 19.4 Å². The summed E-state index contributed by atoms with van der Waals surface area (Å²) in [5, 5.41) is 0.449. The van der Waals surface area contributed by atoms with Gasteiger partial charge in [-0.3, -0.25) is 0 Å². The Bertz CT molecular complexity index is 563. The first-order valence-corrected chi connectivity index (χ1v) is 8.04.